The van der Waals surface area contributed by atoms with Gasteiger partial charge >= 0.3 is 0 Å². The van der Waals surface area contributed by atoms with Gasteiger partial charge in [-0.15, -0.1) is 0 Å². The van der Waals surface area contributed by atoms with Crippen LogP contribution < -0.4 is 4.72 Å². The summed E-state index contributed by atoms with van der Waals surface area (Å²) in [4.78, 5) is 6.72. The second kappa shape index (κ2) is 5.82. The van der Waals surface area contributed by atoms with E-state index < -0.39 is 10.0 Å². The predicted molar refractivity (Wildman–Crippen MR) is 75.7 cm³/mol. The zero-order valence-electron chi connectivity index (χ0n) is 11.5. The van der Waals surface area contributed by atoms with Crippen LogP contribution in [0.1, 0.15) is 37.0 Å². The molecule has 2 rings (SSSR count). The fourth-order valence-corrected chi connectivity index (χ4v) is 3.76. The van der Waals surface area contributed by atoms with E-state index in [1.807, 2.05) is 0 Å². The molecule has 1 aromatic heterocycles. The summed E-state index contributed by atoms with van der Waals surface area (Å²) in [5.41, 5.74) is 0. The van der Waals surface area contributed by atoms with E-state index in [0.717, 1.165) is 36.9 Å². The van der Waals surface area contributed by atoms with E-state index in [9.17, 15) is 8.42 Å². The van der Waals surface area contributed by atoms with Crippen molar-refractivity contribution < 1.29 is 8.42 Å². The molecule has 0 aromatic carbocycles. The van der Waals surface area contributed by atoms with Crippen molar-refractivity contribution in [2.45, 2.75) is 38.8 Å². The molecular formula is C11H20N4O2S2. The molecule has 108 valence electrons. The van der Waals surface area contributed by atoms with E-state index in [-0.39, 0.29) is 6.04 Å². The summed E-state index contributed by atoms with van der Waals surface area (Å²) in [6, 6.07) is 0.0208. The monoisotopic (exact) mass is 304 g/mol. The average molecular weight is 304 g/mol. The van der Waals surface area contributed by atoms with Crippen LogP contribution >= 0.6 is 11.5 Å². The summed E-state index contributed by atoms with van der Waals surface area (Å²) in [7, 11) is -3.11. The molecule has 8 heteroatoms. The lowest BCUT2D eigenvalue weighted by Crippen LogP contribution is -2.36. The first kappa shape index (κ1) is 14.8. The molecule has 2 heterocycles. The maximum Gasteiger partial charge on any atom is 0.208 e. The minimum absolute atomic E-state index is 0.0208. The smallest absolute Gasteiger partial charge is 0.208 e. The molecule has 1 N–H and O–H groups in total. The van der Waals surface area contributed by atoms with Crippen LogP contribution in [0.2, 0.25) is 0 Å². The number of likely N-dealkylation sites (tertiary alicyclic amines) is 1. The Labute approximate surface area is 118 Å². The summed E-state index contributed by atoms with van der Waals surface area (Å²) >= 11 is 1.44. The maximum absolute atomic E-state index is 11.2. The van der Waals surface area contributed by atoms with Crippen molar-refractivity contribution in [2.24, 2.45) is 0 Å². The quantitative estimate of drug-likeness (QED) is 0.870. The first-order valence-corrected chi connectivity index (χ1v) is 9.02. The SMILES string of the molecule is CC(C)c1nsc(CN2CCC(NS(C)(=O)=O)C2)n1. The standard InChI is InChI=1S/C11H20N4O2S2/c1-8(2)11-12-10(18-13-11)7-15-5-4-9(6-15)14-19(3,16)17/h8-9,14H,4-7H2,1-3H3. The third kappa shape index (κ3) is 4.48. The molecule has 0 aliphatic carbocycles. The largest absolute Gasteiger partial charge is 0.295 e. The van der Waals surface area contributed by atoms with Crippen LogP contribution in [0.5, 0.6) is 0 Å². The van der Waals surface area contributed by atoms with Crippen molar-refractivity contribution in [3.05, 3.63) is 10.8 Å². The zero-order chi connectivity index (χ0) is 14.0. The molecule has 1 aliphatic heterocycles. The van der Waals surface area contributed by atoms with Gasteiger partial charge in [0.1, 0.15) is 10.8 Å². The van der Waals surface area contributed by atoms with Crippen molar-refractivity contribution >= 4 is 21.6 Å². The van der Waals surface area contributed by atoms with Gasteiger partial charge < -0.3 is 0 Å². The summed E-state index contributed by atoms with van der Waals surface area (Å²) in [5, 5.41) is 1.00. The van der Waals surface area contributed by atoms with Gasteiger partial charge in [0.2, 0.25) is 10.0 Å². The Balaban J connectivity index is 1.87. The topological polar surface area (TPSA) is 75.2 Å². The summed E-state index contributed by atoms with van der Waals surface area (Å²) in [6.07, 6.45) is 2.05. The van der Waals surface area contributed by atoms with Gasteiger partial charge in [-0.1, -0.05) is 13.8 Å². The predicted octanol–water partition coefficient (Wildman–Crippen LogP) is 0.785. The Morgan fingerprint density at radius 2 is 2.26 bits per heavy atom. The van der Waals surface area contributed by atoms with Crippen LogP contribution in [0.15, 0.2) is 0 Å². The summed E-state index contributed by atoms with van der Waals surface area (Å²) in [6.45, 7) is 6.54. The van der Waals surface area contributed by atoms with Crippen molar-refractivity contribution in [1.82, 2.24) is 19.0 Å². The van der Waals surface area contributed by atoms with Crippen LogP contribution in [-0.4, -0.2) is 48.1 Å². The van der Waals surface area contributed by atoms with E-state index in [4.69, 9.17) is 0 Å². The Kier molecular flexibility index (Phi) is 4.54. The molecular weight excluding hydrogens is 284 g/mol. The molecule has 0 amide bonds. The summed E-state index contributed by atoms with van der Waals surface area (Å²) in [5.74, 6) is 1.24. The number of sulfonamides is 1. The second-order valence-corrected chi connectivity index (χ2v) is 7.93. The number of hydrogen-bond acceptors (Lipinski definition) is 6. The van der Waals surface area contributed by atoms with Crippen LogP contribution in [0.4, 0.5) is 0 Å². The van der Waals surface area contributed by atoms with Gasteiger partial charge in [-0.05, 0) is 18.0 Å². The third-order valence-electron chi connectivity index (χ3n) is 3.01. The molecule has 1 fully saturated rings. The van der Waals surface area contributed by atoms with Gasteiger partial charge in [0.05, 0.1) is 12.8 Å². The van der Waals surface area contributed by atoms with E-state index in [1.54, 1.807) is 0 Å². The molecule has 1 unspecified atom stereocenters. The van der Waals surface area contributed by atoms with Crippen molar-refractivity contribution in [3.63, 3.8) is 0 Å². The lowest BCUT2D eigenvalue weighted by Gasteiger charge is -2.14. The molecule has 0 bridgehead atoms. The molecule has 19 heavy (non-hydrogen) atoms. The molecule has 6 nitrogen and oxygen atoms in total. The number of hydrogen-bond donors (Lipinski definition) is 1. The number of rotatable bonds is 5. The van der Waals surface area contributed by atoms with Gasteiger partial charge in [0, 0.05) is 25.0 Å². The second-order valence-electron chi connectivity index (χ2n) is 5.31. The Morgan fingerprint density at radius 1 is 1.53 bits per heavy atom. The fourth-order valence-electron chi connectivity index (χ4n) is 2.13. The normalized spacial score (nSPS) is 21.4. The van der Waals surface area contributed by atoms with E-state index in [2.05, 4.69) is 32.8 Å². The van der Waals surface area contributed by atoms with Gasteiger partial charge in [-0.3, -0.25) is 4.90 Å². The summed E-state index contributed by atoms with van der Waals surface area (Å²) < 4.78 is 29.3. The van der Waals surface area contributed by atoms with Crippen LogP contribution in [0, 0.1) is 0 Å². The average Bonchev–Trinajstić information content (AvgIpc) is 2.86. The van der Waals surface area contributed by atoms with Gasteiger partial charge in [0.25, 0.3) is 0 Å². The Hall–Kier alpha value is -0.570. The van der Waals surface area contributed by atoms with Crippen molar-refractivity contribution in [3.8, 4) is 0 Å². The van der Waals surface area contributed by atoms with Gasteiger partial charge in [-0.2, -0.15) is 4.37 Å². The molecule has 0 radical (unpaired) electrons. The molecule has 1 aromatic rings. The first-order valence-electron chi connectivity index (χ1n) is 6.35. The Morgan fingerprint density at radius 3 is 2.84 bits per heavy atom. The highest BCUT2D eigenvalue weighted by Gasteiger charge is 2.25. The van der Waals surface area contributed by atoms with Crippen molar-refractivity contribution in [2.75, 3.05) is 19.3 Å². The third-order valence-corrected chi connectivity index (χ3v) is 4.48. The van der Waals surface area contributed by atoms with E-state index in [1.165, 1.54) is 17.8 Å². The highest BCUT2D eigenvalue weighted by Crippen LogP contribution is 2.18. The minimum Gasteiger partial charge on any atom is -0.295 e. The van der Waals surface area contributed by atoms with Crippen LogP contribution in [0.3, 0.4) is 0 Å². The zero-order valence-corrected chi connectivity index (χ0v) is 13.1. The lowest BCUT2D eigenvalue weighted by molar-refractivity contribution is 0.324. The maximum atomic E-state index is 11.2. The molecule has 0 spiro atoms. The lowest BCUT2D eigenvalue weighted by atomic mass is 10.2. The molecule has 1 atom stereocenters. The number of nitrogens with one attached hydrogen (secondary N) is 1. The molecule has 1 saturated heterocycles. The number of nitrogens with zero attached hydrogens (tertiary/aromatic N) is 3. The van der Waals surface area contributed by atoms with Crippen LogP contribution in [0.25, 0.3) is 0 Å². The molecule has 0 saturated carbocycles. The van der Waals surface area contributed by atoms with Gasteiger partial charge in [0.15, 0.2) is 0 Å². The van der Waals surface area contributed by atoms with E-state index in [0.29, 0.717) is 5.92 Å². The van der Waals surface area contributed by atoms with Crippen molar-refractivity contribution in [1.29, 1.82) is 0 Å². The fraction of sp³-hybridized carbons (Fsp3) is 0.818. The Bertz CT molecular complexity index is 527. The highest BCUT2D eigenvalue weighted by atomic mass is 32.2. The molecule has 1 aliphatic rings. The minimum atomic E-state index is -3.11. The number of aromatic nitrogens is 2. The van der Waals surface area contributed by atoms with Gasteiger partial charge in [-0.25, -0.2) is 18.1 Å². The van der Waals surface area contributed by atoms with E-state index >= 15 is 0 Å². The first-order chi connectivity index (χ1) is 8.83. The highest BCUT2D eigenvalue weighted by molar-refractivity contribution is 7.88. The van der Waals surface area contributed by atoms with Crippen LogP contribution in [-0.2, 0) is 16.6 Å².